The summed E-state index contributed by atoms with van der Waals surface area (Å²) in [6.07, 6.45) is 2.34. The molecule has 21 heavy (non-hydrogen) atoms. The number of aromatic amines is 1. The molecule has 0 unspecified atom stereocenters. The first-order chi connectivity index (χ1) is 10.3. The summed E-state index contributed by atoms with van der Waals surface area (Å²) in [5, 5.41) is 10.0. The molecule has 112 valence electrons. The largest absolute Gasteiger partial charge is 0.375 e. The Morgan fingerprint density at radius 1 is 1.38 bits per heavy atom. The van der Waals surface area contributed by atoms with Crippen molar-refractivity contribution in [2.45, 2.75) is 11.6 Å². The van der Waals surface area contributed by atoms with Gasteiger partial charge in [-0.1, -0.05) is 30.0 Å². The highest BCUT2D eigenvalue weighted by atomic mass is 32.2. The van der Waals surface area contributed by atoms with Crippen LogP contribution in [-0.2, 0) is 4.79 Å². The van der Waals surface area contributed by atoms with E-state index in [0.29, 0.717) is 17.5 Å². The molecule has 0 fully saturated rings. The van der Waals surface area contributed by atoms with Crippen LogP contribution in [-0.4, -0.2) is 47.0 Å². The predicted octanol–water partition coefficient (Wildman–Crippen LogP) is 1.54. The Balaban J connectivity index is 1.58. The minimum Gasteiger partial charge on any atom is -0.375 e. The number of para-hydroxylation sites is 1. The molecule has 6 nitrogen and oxygen atoms in total. The van der Waals surface area contributed by atoms with E-state index < -0.39 is 0 Å². The Morgan fingerprint density at radius 3 is 2.90 bits per heavy atom. The van der Waals surface area contributed by atoms with Crippen molar-refractivity contribution in [1.82, 2.24) is 20.5 Å². The zero-order valence-corrected chi connectivity index (χ0v) is 12.8. The molecule has 1 aromatic carbocycles. The highest BCUT2D eigenvalue weighted by Crippen LogP contribution is 2.11. The minimum atomic E-state index is 0.0127. The van der Waals surface area contributed by atoms with Gasteiger partial charge in [-0.25, -0.2) is 4.98 Å². The second-order valence-electron chi connectivity index (χ2n) is 4.54. The van der Waals surface area contributed by atoms with Crippen LogP contribution in [0.3, 0.4) is 0 Å². The first-order valence-electron chi connectivity index (χ1n) is 6.77. The second-order valence-corrected chi connectivity index (χ2v) is 5.50. The van der Waals surface area contributed by atoms with E-state index in [4.69, 9.17) is 0 Å². The van der Waals surface area contributed by atoms with Crippen molar-refractivity contribution < 1.29 is 4.79 Å². The van der Waals surface area contributed by atoms with Gasteiger partial charge in [0.1, 0.15) is 6.33 Å². The Labute approximate surface area is 128 Å². The lowest BCUT2D eigenvalue weighted by Crippen LogP contribution is -2.29. The number of hydrogen-bond acceptors (Lipinski definition) is 5. The van der Waals surface area contributed by atoms with Gasteiger partial charge in [0.15, 0.2) is 5.16 Å². The number of H-pyrrole nitrogens is 1. The van der Waals surface area contributed by atoms with E-state index >= 15 is 0 Å². The van der Waals surface area contributed by atoms with Crippen molar-refractivity contribution in [1.29, 1.82) is 0 Å². The van der Waals surface area contributed by atoms with Crippen LogP contribution in [0, 0.1) is 0 Å². The number of thioether (sulfide) groups is 1. The fourth-order valence-corrected chi connectivity index (χ4v) is 2.41. The number of nitrogens with one attached hydrogen (secondary N) is 2. The van der Waals surface area contributed by atoms with Gasteiger partial charge in [-0.05, 0) is 18.6 Å². The summed E-state index contributed by atoms with van der Waals surface area (Å²) >= 11 is 1.34. The maximum Gasteiger partial charge on any atom is 0.230 e. The number of hydrogen-bond donors (Lipinski definition) is 2. The lowest BCUT2D eigenvalue weighted by molar-refractivity contribution is -0.118. The molecule has 1 heterocycles. The molecule has 0 aliphatic rings. The van der Waals surface area contributed by atoms with Crippen molar-refractivity contribution in [2.24, 2.45) is 0 Å². The summed E-state index contributed by atoms with van der Waals surface area (Å²) in [5.41, 5.74) is 1.18. The molecule has 2 aromatic rings. The summed E-state index contributed by atoms with van der Waals surface area (Å²) in [5.74, 6) is 0.364. The van der Waals surface area contributed by atoms with Crippen LogP contribution in [0.1, 0.15) is 6.42 Å². The minimum absolute atomic E-state index is 0.0127. The zero-order chi connectivity index (χ0) is 14.9. The molecule has 2 rings (SSSR count). The molecule has 1 aromatic heterocycles. The Hall–Kier alpha value is -2.02. The van der Waals surface area contributed by atoms with Crippen LogP contribution in [0.4, 0.5) is 5.69 Å². The van der Waals surface area contributed by atoms with Gasteiger partial charge in [0.25, 0.3) is 0 Å². The van der Waals surface area contributed by atoms with Gasteiger partial charge in [0.05, 0.1) is 5.75 Å². The Kier molecular flexibility index (Phi) is 6.08. The van der Waals surface area contributed by atoms with Crippen LogP contribution >= 0.6 is 11.8 Å². The lowest BCUT2D eigenvalue weighted by atomic mass is 10.3. The smallest absolute Gasteiger partial charge is 0.230 e. The number of carbonyl (C=O) groups is 1. The van der Waals surface area contributed by atoms with Crippen molar-refractivity contribution in [2.75, 3.05) is 30.8 Å². The third kappa shape index (κ3) is 5.47. The Bertz CT molecular complexity index is 532. The maximum atomic E-state index is 11.6. The third-order valence-corrected chi connectivity index (χ3v) is 3.80. The average Bonchev–Trinajstić information content (AvgIpc) is 3.03. The monoisotopic (exact) mass is 305 g/mol. The summed E-state index contributed by atoms with van der Waals surface area (Å²) in [4.78, 5) is 17.8. The van der Waals surface area contributed by atoms with E-state index in [2.05, 4.69) is 44.6 Å². The van der Waals surface area contributed by atoms with Gasteiger partial charge < -0.3 is 10.2 Å². The van der Waals surface area contributed by atoms with Crippen molar-refractivity contribution in [3.8, 4) is 0 Å². The van der Waals surface area contributed by atoms with E-state index in [1.807, 2.05) is 18.2 Å². The zero-order valence-electron chi connectivity index (χ0n) is 12.0. The number of rotatable bonds is 8. The van der Waals surface area contributed by atoms with Gasteiger partial charge in [0.2, 0.25) is 5.91 Å². The summed E-state index contributed by atoms with van der Waals surface area (Å²) < 4.78 is 0. The molecule has 0 bridgehead atoms. The SMILES string of the molecule is CN(CCCNC(=O)CSc1ncn[nH]1)c1ccccc1. The molecule has 0 aliphatic heterocycles. The van der Waals surface area contributed by atoms with Crippen molar-refractivity contribution in [3.05, 3.63) is 36.7 Å². The molecule has 2 N–H and O–H groups in total. The number of aromatic nitrogens is 3. The van der Waals surface area contributed by atoms with E-state index in [-0.39, 0.29) is 5.91 Å². The van der Waals surface area contributed by atoms with Crippen LogP contribution in [0.5, 0.6) is 0 Å². The molecule has 0 saturated carbocycles. The van der Waals surface area contributed by atoms with Crippen LogP contribution in [0.2, 0.25) is 0 Å². The molecule has 0 spiro atoms. The summed E-state index contributed by atoms with van der Waals surface area (Å²) in [6, 6.07) is 10.2. The van der Waals surface area contributed by atoms with Gasteiger partial charge in [-0.2, -0.15) is 5.10 Å². The molecule has 0 aliphatic carbocycles. The van der Waals surface area contributed by atoms with E-state index in [1.165, 1.54) is 23.8 Å². The normalized spacial score (nSPS) is 10.3. The van der Waals surface area contributed by atoms with Gasteiger partial charge >= 0.3 is 0 Å². The fraction of sp³-hybridized carbons (Fsp3) is 0.357. The van der Waals surface area contributed by atoms with E-state index in [0.717, 1.165) is 13.0 Å². The number of carbonyl (C=O) groups excluding carboxylic acids is 1. The predicted molar refractivity (Wildman–Crippen MR) is 84.4 cm³/mol. The highest BCUT2D eigenvalue weighted by Gasteiger charge is 2.04. The van der Waals surface area contributed by atoms with Crippen molar-refractivity contribution in [3.63, 3.8) is 0 Å². The standard InChI is InChI=1S/C14H19N5OS/c1-19(12-6-3-2-4-7-12)9-5-8-15-13(20)10-21-14-16-11-17-18-14/h2-4,6-7,11H,5,8-10H2,1H3,(H,15,20)(H,16,17,18). The molecular weight excluding hydrogens is 286 g/mol. The second kappa shape index (κ2) is 8.31. The highest BCUT2D eigenvalue weighted by molar-refractivity contribution is 7.99. The van der Waals surface area contributed by atoms with Crippen LogP contribution in [0.25, 0.3) is 0 Å². The van der Waals surface area contributed by atoms with Crippen LogP contribution in [0.15, 0.2) is 41.8 Å². The van der Waals surface area contributed by atoms with Crippen molar-refractivity contribution >= 4 is 23.4 Å². The Morgan fingerprint density at radius 2 is 2.19 bits per heavy atom. The number of anilines is 1. The van der Waals surface area contributed by atoms with E-state index in [1.54, 1.807) is 0 Å². The number of amides is 1. The number of nitrogens with zero attached hydrogens (tertiary/aromatic N) is 3. The van der Waals surface area contributed by atoms with Gasteiger partial charge in [-0.3, -0.25) is 9.89 Å². The lowest BCUT2D eigenvalue weighted by Gasteiger charge is -2.19. The molecule has 7 heteroatoms. The van der Waals surface area contributed by atoms with Gasteiger partial charge in [-0.15, -0.1) is 0 Å². The van der Waals surface area contributed by atoms with Crippen LogP contribution < -0.4 is 10.2 Å². The molecule has 1 amide bonds. The van der Waals surface area contributed by atoms with Gasteiger partial charge in [0, 0.05) is 25.8 Å². The quantitative estimate of drug-likeness (QED) is 0.571. The molecule has 0 radical (unpaired) electrons. The molecule has 0 saturated heterocycles. The molecule has 0 atom stereocenters. The summed E-state index contributed by atoms with van der Waals surface area (Å²) in [6.45, 7) is 1.58. The maximum absolute atomic E-state index is 11.6. The topological polar surface area (TPSA) is 73.9 Å². The first kappa shape index (κ1) is 15.4. The van der Waals surface area contributed by atoms with E-state index in [9.17, 15) is 4.79 Å². The fourth-order valence-electron chi connectivity index (χ4n) is 1.80. The number of benzene rings is 1. The first-order valence-corrected chi connectivity index (χ1v) is 7.75. The summed E-state index contributed by atoms with van der Waals surface area (Å²) in [7, 11) is 2.05. The average molecular weight is 305 g/mol. The molecular formula is C14H19N5OS. The third-order valence-electron chi connectivity index (χ3n) is 2.92.